The third-order valence-corrected chi connectivity index (χ3v) is 3.25. The number of nitrogens with two attached hydrogens (primary N) is 2. The van der Waals surface area contributed by atoms with Gasteiger partial charge in [0, 0.05) is 13.1 Å². The fourth-order valence-electron chi connectivity index (χ4n) is 2.01. The quantitative estimate of drug-likeness (QED) is 0.360. The number of nitrogen functional groups attached to an aromatic ring is 2. The van der Waals surface area contributed by atoms with Crippen molar-refractivity contribution in [3.63, 3.8) is 0 Å². The van der Waals surface area contributed by atoms with Gasteiger partial charge in [0.1, 0.15) is 6.20 Å². The Bertz CT molecular complexity index is 570. The van der Waals surface area contributed by atoms with Gasteiger partial charge in [-0.25, -0.2) is 0 Å². The summed E-state index contributed by atoms with van der Waals surface area (Å²) >= 11 is 0. The largest absolute Gasteiger partial charge is 0.449 e. The number of aromatic nitrogens is 2. The summed E-state index contributed by atoms with van der Waals surface area (Å²) in [5.41, 5.74) is 5.87. The maximum atomic E-state index is 10.9. The Kier molecular flexibility index (Phi) is 3.62. The molecule has 1 saturated heterocycles. The molecule has 0 unspecified atom stereocenters. The molecule has 2 heterocycles. The molecule has 0 saturated carbocycles. The van der Waals surface area contributed by atoms with E-state index in [2.05, 4.69) is 9.17 Å². The van der Waals surface area contributed by atoms with E-state index in [1.54, 1.807) is 0 Å². The zero-order chi connectivity index (χ0) is 14.0. The monoisotopic (exact) mass is 290 g/mol. The highest BCUT2D eigenvalue weighted by Gasteiger charge is 2.27. The maximum Gasteiger partial charge on any atom is 0.449 e. The van der Waals surface area contributed by atoms with E-state index >= 15 is 0 Å². The second-order valence-electron chi connectivity index (χ2n) is 4.24. The first-order chi connectivity index (χ1) is 8.88. The summed E-state index contributed by atoms with van der Waals surface area (Å²) in [7, 11) is -4.69. The predicted octanol–water partition coefficient (Wildman–Crippen LogP) is -1.16. The van der Waals surface area contributed by atoms with E-state index in [0.29, 0.717) is 5.69 Å². The maximum absolute atomic E-state index is 10.9. The average molecular weight is 290 g/mol. The van der Waals surface area contributed by atoms with Crippen molar-refractivity contribution < 1.29 is 21.8 Å². The van der Waals surface area contributed by atoms with Crippen molar-refractivity contribution in [2.45, 2.75) is 19.3 Å². The Balaban J connectivity index is 2.44. The first-order valence-electron chi connectivity index (χ1n) is 5.76. The van der Waals surface area contributed by atoms with Crippen molar-refractivity contribution in [3.8, 4) is 5.88 Å². The molecule has 0 aromatic carbocycles. The Morgan fingerprint density at radius 2 is 2.00 bits per heavy atom. The summed E-state index contributed by atoms with van der Waals surface area (Å²) in [6.07, 6.45) is 4.43. The topological polar surface area (TPSA) is 136 Å². The van der Waals surface area contributed by atoms with Crippen LogP contribution in [-0.4, -0.2) is 31.0 Å². The van der Waals surface area contributed by atoms with E-state index in [-0.39, 0.29) is 11.8 Å². The molecule has 9 nitrogen and oxygen atoms in total. The van der Waals surface area contributed by atoms with Crippen LogP contribution in [0.3, 0.4) is 0 Å². The Labute approximate surface area is 110 Å². The molecule has 1 fully saturated rings. The molecule has 1 aromatic heterocycles. The molecule has 1 aliphatic heterocycles. The molecule has 10 heteroatoms. The molecule has 0 amide bonds. The van der Waals surface area contributed by atoms with E-state index in [1.807, 2.05) is 4.90 Å². The molecular formula is C9H16N5O4S+. The molecule has 1 aromatic rings. The van der Waals surface area contributed by atoms with Crippen molar-refractivity contribution in [1.29, 1.82) is 0 Å². The molecule has 106 valence electrons. The summed E-state index contributed by atoms with van der Waals surface area (Å²) in [4.78, 5) is 5.75. The second kappa shape index (κ2) is 5.05. The van der Waals surface area contributed by atoms with Gasteiger partial charge in [-0.1, -0.05) is 9.66 Å². The van der Waals surface area contributed by atoms with Crippen LogP contribution in [0, 0.1) is 0 Å². The third-order valence-electron chi connectivity index (χ3n) is 2.88. The minimum absolute atomic E-state index is 0.126. The van der Waals surface area contributed by atoms with E-state index < -0.39 is 10.4 Å². The molecule has 19 heavy (non-hydrogen) atoms. The van der Waals surface area contributed by atoms with Gasteiger partial charge in [0.25, 0.3) is 0 Å². The summed E-state index contributed by atoms with van der Waals surface area (Å²) in [6.45, 7) is 1.46. The van der Waals surface area contributed by atoms with Crippen LogP contribution in [0.4, 0.5) is 11.6 Å². The summed E-state index contributed by atoms with van der Waals surface area (Å²) < 4.78 is 35.9. The van der Waals surface area contributed by atoms with Crippen LogP contribution >= 0.6 is 0 Å². The number of nitrogens with zero attached hydrogens (tertiary/aromatic N) is 3. The Morgan fingerprint density at radius 1 is 1.37 bits per heavy atom. The number of anilines is 2. The standard InChI is InChI=1S/C9H15N5O4S/c10-9-12-6-7(13-4-2-1-3-5-13)8(14(9)11)18-19(15,16)17/h6,10H,1-5,11H2,(H,15,16,17)/p+1. The molecule has 5 N–H and O–H groups in total. The zero-order valence-electron chi connectivity index (χ0n) is 10.2. The lowest BCUT2D eigenvalue weighted by Crippen LogP contribution is -2.50. The van der Waals surface area contributed by atoms with Crippen LogP contribution in [0.1, 0.15) is 19.3 Å². The first kappa shape index (κ1) is 13.6. The summed E-state index contributed by atoms with van der Waals surface area (Å²) in [5, 5.41) is 0. The van der Waals surface area contributed by atoms with Gasteiger partial charge in [-0.15, -0.1) is 0 Å². The lowest BCUT2D eigenvalue weighted by atomic mass is 10.1. The van der Waals surface area contributed by atoms with Gasteiger partial charge in [-0.05, 0) is 19.3 Å². The third kappa shape index (κ3) is 3.15. The van der Waals surface area contributed by atoms with Crippen molar-refractivity contribution in [1.82, 2.24) is 4.98 Å². The van der Waals surface area contributed by atoms with Gasteiger partial charge in [-0.3, -0.25) is 16.1 Å². The van der Waals surface area contributed by atoms with Crippen LogP contribution in [0.2, 0.25) is 0 Å². The van der Waals surface area contributed by atoms with E-state index in [0.717, 1.165) is 37.0 Å². The van der Waals surface area contributed by atoms with Gasteiger partial charge in [0.2, 0.25) is 0 Å². The van der Waals surface area contributed by atoms with Crippen molar-refractivity contribution >= 4 is 22.0 Å². The second-order valence-corrected chi connectivity index (χ2v) is 5.26. The fourth-order valence-corrected chi connectivity index (χ4v) is 2.37. The highest BCUT2D eigenvalue weighted by molar-refractivity contribution is 7.81. The molecule has 2 rings (SSSR count). The van der Waals surface area contributed by atoms with Gasteiger partial charge >= 0.3 is 22.2 Å². The molecule has 0 radical (unpaired) electrons. The number of hydrogen-bond acceptors (Lipinski definition) is 7. The van der Waals surface area contributed by atoms with Crippen LogP contribution < -0.4 is 25.3 Å². The Hall–Kier alpha value is -1.81. The summed E-state index contributed by atoms with van der Waals surface area (Å²) in [5.74, 6) is 5.22. The molecule has 0 spiro atoms. The van der Waals surface area contributed by atoms with Crippen LogP contribution in [0.15, 0.2) is 6.20 Å². The zero-order valence-corrected chi connectivity index (χ0v) is 11.0. The molecular weight excluding hydrogens is 274 g/mol. The Morgan fingerprint density at radius 3 is 2.58 bits per heavy atom. The van der Waals surface area contributed by atoms with Gasteiger partial charge < -0.3 is 9.08 Å². The van der Waals surface area contributed by atoms with Crippen LogP contribution in [0.5, 0.6) is 5.88 Å². The fraction of sp³-hybridized carbons (Fsp3) is 0.556. The SMILES string of the molecule is Nc1ncc(N2CCCCC2)c(OS(=O)(=O)O)[n+]1N. The molecule has 0 aliphatic carbocycles. The predicted molar refractivity (Wildman–Crippen MR) is 67.2 cm³/mol. The van der Waals surface area contributed by atoms with Crippen molar-refractivity contribution in [2.24, 2.45) is 0 Å². The van der Waals surface area contributed by atoms with Crippen molar-refractivity contribution in [3.05, 3.63) is 6.20 Å². The smallest absolute Gasteiger partial charge is 0.363 e. The minimum atomic E-state index is -4.69. The normalized spacial score (nSPS) is 16.4. The highest BCUT2D eigenvalue weighted by atomic mass is 32.3. The minimum Gasteiger partial charge on any atom is -0.363 e. The average Bonchev–Trinajstić information content (AvgIpc) is 2.35. The molecule has 0 bridgehead atoms. The molecule has 0 atom stereocenters. The number of rotatable bonds is 3. The van der Waals surface area contributed by atoms with E-state index in [1.165, 1.54) is 6.20 Å². The van der Waals surface area contributed by atoms with Gasteiger partial charge in [0.05, 0.1) is 0 Å². The van der Waals surface area contributed by atoms with E-state index in [4.69, 9.17) is 16.1 Å². The van der Waals surface area contributed by atoms with Gasteiger partial charge in [0.15, 0.2) is 5.69 Å². The van der Waals surface area contributed by atoms with Crippen LogP contribution in [0.25, 0.3) is 0 Å². The van der Waals surface area contributed by atoms with Crippen molar-refractivity contribution in [2.75, 3.05) is 29.6 Å². The van der Waals surface area contributed by atoms with Gasteiger partial charge in [-0.2, -0.15) is 8.42 Å². The number of piperidine rings is 1. The lowest BCUT2D eigenvalue weighted by Gasteiger charge is -2.28. The van der Waals surface area contributed by atoms with E-state index in [9.17, 15) is 8.42 Å². The lowest BCUT2D eigenvalue weighted by molar-refractivity contribution is -0.629. The summed E-state index contributed by atoms with van der Waals surface area (Å²) in [6, 6.07) is 0. The molecule has 1 aliphatic rings. The first-order valence-corrected chi connectivity index (χ1v) is 7.12. The van der Waals surface area contributed by atoms with Crippen LogP contribution in [-0.2, 0) is 10.4 Å². The highest BCUT2D eigenvalue weighted by Crippen LogP contribution is 2.27. The number of hydrogen-bond donors (Lipinski definition) is 3.